The van der Waals surface area contributed by atoms with Crippen molar-refractivity contribution < 1.29 is 19.4 Å². The first kappa shape index (κ1) is 17.5. The van der Waals surface area contributed by atoms with Crippen LogP contribution in [0.1, 0.15) is 52.9 Å². The van der Waals surface area contributed by atoms with E-state index in [2.05, 4.69) is 10.6 Å². The van der Waals surface area contributed by atoms with E-state index >= 15 is 0 Å². The minimum Gasteiger partial charge on any atom is -0.444 e. The highest BCUT2D eigenvalue weighted by atomic mass is 16.6. The van der Waals surface area contributed by atoms with E-state index in [-0.39, 0.29) is 6.10 Å². The smallest absolute Gasteiger partial charge is 0.407 e. The maximum atomic E-state index is 11.6. The van der Waals surface area contributed by atoms with E-state index in [1.165, 1.54) is 0 Å². The molecule has 2 aliphatic rings. The molecule has 2 fully saturated rings. The SMILES string of the molecule is CC(C)(C)OC(=O)NCC1CC(NCC2(O)CCC2)CCO1. The molecule has 1 aliphatic heterocycles. The van der Waals surface area contributed by atoms with Gasteiger partial charge in [0.15, 0.2) is 0 Å². The molecule has 1 saturated carbocycles. The molecule has 0 aromatic heterocycles. The summed E-state index contributed by atoms with van der Waals surface area (Å²) in [4.78, 5) is 11.6. The Balaban J connectivity index is 1.66. The van der Waals surface area contributed by atoms with Gasteiger partial charge in [0.1, 0.15) is 5.60 Å². The molecule has 0 aromatic carbocycles. The van der Waals surface area contributed by atoms with Crippen molar-refractivity contribution in [3.63, 3.8) is 0 Å². The molecule has 3 N–H and O–H groups in total. The Labute approximate surface area is 132 Å². The number of hydrogen-bond donors (Lipinski definition) is 3. The van der Waals surface area contributed by atoms with Gasteiger partial charge in [-0.1, -0.05) is 0 Å². The van der Waals surface area contributed by atoms with Crippen molar-refractivity contribution in [3.05, 3.63) is 0 Å². The second-order valence-corrected chi connectivity index (χ2v) is 7.56. The second kappa shape index (κ2) is 7.15. The minimum absolute atomic E-state index is 0.00481. The van der Waals surface area contributed by atoms with Gasteiger partial charge in [0, 0.05) is 25.7 Å². The highest BCUT2D eigenvalue weighted by Gasteiger charge is 2.35. The number of nitrogens with one attached hydrogen (secondary N) is 2. The lowest BCUT2D eigenvalue weighted by atomic mass is 9.80. The van der Waals surface area contributed by atoms with Crippen LogP contribution in [-0.4, -0.2) is 54.2 Å². The van der Waals surface area contributed by atoms with Gasteiger partial charge in [-0.3, -0.25) is 0 Å². The van der Waals surface area contributed by atoms with E-state index in [1.807, 2.05) is 20.8 Å². The average molecular weight is 314 g/mol. The van der Waals surface area contributed by atoms with E-state index < -0.39 is 17.3 Å². The van der Waals surface area contributed by atoms with Gasteiger partial charge in [0.05, 0.1) is 11.7 Å². The number of alkyl carbamates (subject to hydrolysis) is 1. The molecule has 128 valence electrons. The van der Waals surface area contributed by atoms with Gasteiger partial charge in [-0.15, -0.1) is 0 Å². The van der Waals surface area contributed by atoms with Crippen LogP contribution < -0.4 is 10.6 Å². The van der Waals surface area contributed by atoms with E-state index in [4.69, 9.17) is 9.47 Å². The van der Waals surface area contributed by atoms with Crippen molar-refractivity contribution in [1.29, 1.82) is 0 Å². The summed E-state index contributed by atoms with van der Waals surface area (Å²) in [5, 5.41) is 16.3. The second-order valence-electron chi connectivity index (χ2n) is 7.56. The quantitative estimate of drug-likeness (QED) is 0.718. The van der Waals surface area contributed by atoms with Crippen LogP contribution in [0.2, 0.25) is 0 Å². The Kier molecular flexibility index (Phi) is 5.69. The van der Waals surface area contributed by atoms with E-state index in [0.717, 1.165) is 32.1 Å². The number of carbonyl (C=O) groups excluding carboxylic acids is 1. The molecule has 2 atom stereocenters. The van der Waals surface area contributed by atoms with Crippen molar-refractivity contribution in [2.24, 2.45) is 0 Å². The fourth-order valence-electron chi connectivity index (χ4n) is 2.82. The number of ether oxygens (including phenoxy) is 2. The molecule has 1 heterocycles. The molecular formula is C16H30N2O4. The van der Waals surface area contributed by atoms with E-state index in [1.54, 1.807) is 0 Å². The van der Waals surface area contributed by atoms with Crippen LogP contribution in [-0.2, 0) is 9.47 Å². The zero-order valence-corrected chi connectivity index (χ0v) is 14.0. The third kappa shape index (κ3) is 5.74. The van der Waals surface area contributed by atoms with Gasteiger partial charge < -0.3 is 25.2 Å². The van der Waals surface area contributed by atoms with Gasteiger partial charge in [0.2, 0.25) is 0 Å². The molecule has 0 aromatic rings. The van der Waals surface area contributed by atoms with Crippen LogP contribution in [0.15, 0.2) is 0 Å². The standard InChI is InChI=1S/C16H30N2O4/c1-15(2,3)22-14(19)17-10-13-9-12(5-8-21-13)18-11-16(20)6-4-7-16/h12-13,18,20H,4-11H2,1-3H3,(H,17,19). The summed E-state index contributed by atoms with van der Waals surface area (Å²) in [7, 11) is 0. The molecule has 2 unspecified atom stereocenters. The van der Waals surface area contributed by atoms with Crippen LogP contribution in [0.5, 0.6) is 0 Å². The maximum Gasteiger partial charge on any atom is 0.407 e. The Bertz CT molecular complexity index is 377. The van der Waals surface area contributed by atoms with Crippen molar-refractivity contribution in [1.82, 2.24) is 10.6 Å². The number of aliphatic hydroxyl groups is 1. The lowest BCUT2D eigenvalue weighted by Crippen LogP contribution is -2.51. The van der Waals surface area contributed by atoms with Crippen LogP contribution >= 0.6 is 0 Å². The average Bonchev–Trinajstić information content (AvgIpc) is 2.39. The maximum absolute atomic E-state index is 11.6. The molecule has 2 rings (SSSR count). The summed E-state index contributed by atoms with van der Waals surface area (Å²) in [5.41, 5.74) is -0.984. The molecule has 1 saturated heterocycles. The number of rotatable bonds is 5. The Morgan fingerprint density at radius 3 is 2.73 bits per heavy atom. The lowest BCUT2D eigenvalue weighted by Gasteiger charge is -2.39. The predicted molar refractivity (Wildman–Crippen MR) is 83.8 cm³/mol. The molecule has 6 heteroatoms. The summed E-state index contributed by atoms with van der Waals surface area (Å²) in [6.07, 6.45) is 4.28. The molecule has 0 bridgehead atoms. The fourth-order valence-corrected chi connectivity index (χ4v) is 2.82. The molecule has 6 nitrogen and oxygen atoms in total. The van der Waals surface area contributed by atoms with Crippen LogP contribution in [0.3, 0.4) is 0 Å². The van der Waals surface area contributed by atoms with Gasteiger partial charge >= 0.3 is 6.09 Å². The summed E-state index contributed by atoms with van der Waals surface area (Å²) in [6.45, 7) is 7.32. The lowest BCUT2D eigenvalue weighted by molar-refractivity contribution is -0.0425. The number of carbonyl (C=O) groups is 1. The Morgan fingerprint density at radius 1 is 1.41 bits per heavy atom. The first-order valence-electron chi connectivity index (χ1n) is 8.30. The number of amides is 1. The van der Waals surface area contributed by atoms with Gasteiger partial charge in [-0.05, 0) is 52.9 Å². The Morgan fingerprint density at radius 2 is 2.14 bits per heavy atom. The van der Waals surface area contributed by atoms with Gasteiger partial charge in [0.25, 0.3) is 0 Å². The zero-order chi connectivity index (χ0) is 16.2. The van der Waals surface area contributed by atoms with Crippen LogP contribution in [0, 0.1) is 0 Å². The van der Waals surface area contributed by atoms with E-state index in [9.17, 15) is 9.90 Å². The first-order chi connectivity index (χ1) is 10.3. The largest absolute Gasteiger partial charge is 0.444 e. The molecule has 1 aliphatic carbocycles. The van der Waals surface area contributed by atoms with Crippen molar-refractivity contribution in [2.75, 3.05) is 19.7 Å². The number of hydrogen-bond acceptors (Lipinski definition) is 5. The molecule has 22 heavy (non-hydrogen) atoms. The summed E-state index contributed by atoms with van der Waals surface area (Å²) in [6, 6.07) is 0.337. The third-order valence-electron chi connectivity index (χ3n) is 4.24. The van der Waals surface area contributed by atoms with Crippen molar-refractivity contribution in [3.8, 4) is 0 Å². The molecule has 0 radical (unpaired) electrons. The summed E-state index contributed by atoms with van der Waals surface area (Å²) < 4.78 is 10.9. The first-order valence-corrected chi connectivity index (χ1v) is 8.30. The highest BCUT2D eigenvalue weighted by Crippen LogP contribution is 2.31. The normalized spacial score (nSPS) is 27.8. The highest BCUT2D eigenvalue weighted by molar-refractivity contribution is 5.67. The zero-order valence-electron chi connectivity index (χ0n) is 14.0. The van der Waals surface area contributed by atoms with E-state index in [0.29, 0.717) is 25.7 Å². The summed E-state index contributed by atoms with van der Waals surface area (Å²) in [5.74, 6) is 0. The summed E-state index contributed by atoms with van der Waals surface area (Å²) >= 11 is 0. The fraction of sp³-hybridized carbons (Fsp3) is 0.938. The minimum atomic E-state index is -0.497. The molecule has 0 spiro atoms. The predicted octanol–water partition coefficient (Wildman–Crippen LogP) is 1.56. The van der Waals surface area contributed by atoms with Gasteiger partial charge in [-0.2, -0.15) is 0 Å². The third-order valence-corrected chi connectivity index (χ3v) is 4.24. The molecular weight excluding hydrogens is 284 g/mol. The van der Waals surface area contributed by atoms with Crippen LogP contribution in [0.25, 0.3) is 0 Å². The monoisotopic (exact) mass is 314 g/mol. The topological polar surface area (TPSA) is 79.8 Å². The van der Waals surface area contributed by atoms with Gasteiger partial charge in [-0.25, -0.2) is 4.79 Å². The van der Waals surface area contributed by atoms with Crippen molar-refractivity contribution >= 4 is 6.09 Å². The van der Waals surface area contributed by atoms with Crippen LogP contribution in [0.4, 0.5) is 4.79 Å². The molecule has 1 amide bonds. The Hall–Kier alpha value is -0.850. The van der Waals surface area contributed by atoms with Crippen molar-refractivity contribution in [2.45, 2.75) is 76.2 Å².